The van der Waals surface area contributed by atoms with Gasteiger partial charge >= 0.3 is 0 Å². The molecule has 22 heavy (non-hydrogen) atoms. The summed E-state index contributed by atoms with van der Waals surface area (Å²) in [6.45, 7) is 3.66. The van der Waals surface area contributed by atoms with Gasteiger partial charge in [-0.05, 0) is 37.1 Å². The van der Waals surface area contributed by atoms with Crippen molar-refractivity contribution < 1.29 is 18.4 Å². The Labute approximate surface area is 129 Å². The van der Waals surface area contributed by atoms with Crippen LogP contribution in [0.2, 0.25) is 0 Å². The third-order valence-corrected chi connectivity index (χ3v) is 4.27. The summed E-state index contributed by atoms with van der Waals surface area (Å²) in [4.78, 5) is 24.5. The molecule has 2 amide bonds. The lowest BCUT2D eigenvalue weighted by Gasteiger charge is -2.06. The van der Waals surface area contributed by atoms with Gasteiger partial charge in [0, 0.05) is 4.88 Å². The third-order valence-electron chi connectivity index (χ3n) is 3.21. The maximum atomic E-state index is 13.6. The molecule has 0 saturated heterocycles. The summed E-state index contributed by atoms with van der Waals surface area (Å²) in [5.74, 6) is -3.07. The van der Waals surface area contributed by atoms with Gasteiger partial charge in [0.25, 0.3) is 11.8 Å². The minimum absolute atomic E-state index is 0.218. The average molecular weight is 324 g/mol. The van der Waals surface area contributed by atoms with Crippen LogP contribution in [0.3, 0.4) is 0 Å². The molecule has 1 heterocycles. The molecule has 2 aromatic rings. The van der Waals surface area contributed by atoms with Crippen molar-refractivity contribution in [3.63, 3.8) is 0 Å². The number of amides is 2. The number of hydrogen-bond acceptors (Lipinski definition) is 3. The van der Waals surface area contributed by atoms with Gasteiger partial charge in [0.1, 0.15) is 16.6 Å². The van der Waals surface area contributed by atoms with Crippen LogP contribution in [0.1, 0.15) is 38.1 Å². The second kappa shape index (κ2) is 6.23. The van der Waals surface area contributed by atoms with Crippen LogP contribution < -0.4 is 11.1 Å². The Bertz CT molecular complexity index is 756. The standard InChI is InChI=1S/C15H14F2N2O2S/c1-3-9-7(2)22-15(12(9)13(18)20)19-14(21)10-6-8(16)4-5-11(10)17/h4-6H,3H2,1-2H3,(H2,18,20)(H,19,21). The summed E-state index contributed by atoms with van der Waals surface area (Å²) < 4.78 is 26.8. The van der Waals surface area contributed by atoms with Crippen molar-refractivity contribution in [2.45, 2.75) is 20.3 Å². The molecule has 1 aromatic carbocycles. The summed E-state index contributed by atoms with van der Waals surface area (Å²) >= 11 is 1.18. The van der Waals surface area contributed by atoms with E-state index in [-0.39, 0.29) is 10.6 Å². The minimum atomic E-state index is -0.844. The van der Waals surface area contributed by atoms with Gasteiger partial charge in [-0.3, -0.25) is 9.59 Å². The van der Waals surface area contributed by atoms with Crippen LogP contribution in [-0.4, -0.2) is 11.8 Å². The third kappa shape index (κ3) is 2.99. The summed E-state index contributed by atoms with van der Waals surface area (Å²) in [5.41, 5.74) is 5.88. The highest BCUT2D eigenvalue weighted by Gasteiger charge is 2.22. The highest BCUT2D eigenvalue weighted by atomic mass is 32.1. The lowest BCUT2D eigenvalue weighted by atomic mass is 10.1. The molecule has 0 atom stereocenters. The van der Waals surface area contributed by atoms with Gasteiger partial charge in [-0.1, -0.05) is 6.92 Å². The van der Waals surface area contributed by atoms with Crippen molar-refractivity contribution in [1.82, 2.24) is 0 Å². The quantitative estimate of drug-likeness (QED) is 0.906. The minimum Gasteiger partial charge on any atom is -0.365 e. The summed E-state index contributed by atoms with van der Waals surface area (Å²) in [6, 6.07) is 2.59. The molecule has 3 N–H and O–H groups in total. The van der Waals surface area contributed by atoms with Crippen molar-refractivity contribution in [3.05, 3.63) is 51.4 Å². The Morgan fingerprint density at radius 3 is 2.59 bits per heavy atom. The second-order valence-corrected chi connectivity index (χ2v) is 5.86. The van der Waals surface area contributed by atoms with E-state index < -0.39 is 29.0 Å². The first-order valence-corrected chi connectivity index (χ1v) is 7.35. The Hall–Kier alpha value is -2.28. The van der Waals surface area contributed by atoms with Gasteiger partial charge in [-0.2, -0.15) is 0 Å². The van der Waals surface area contributed by atoms with Crippen molar-refractivity contribution in [1.29, 1.82) is 0 Å². The SMILES string of the molecule is CCc1c(C)sc(NC(=O)c2cc(F)ccc2F)c1C(N)=O. The van der Waals surface area contributed by atoms with E-state index >= 15 is 0 Å². The molecule has 0 fully saturated rings. The smallest absolute Gasteiger partial charge is 0.259 e. The van der Waals surface area contributed by atoms with E-state index in [1.54, 1.807) is 6.92 Å². The van der Waals surface area contributed by atoms with Gasteiger partial charge < -0.3 is 11.1 Å². The molecular formula is C15H14F2N2O2S. The summed E-state index contributed by atoms with van der Waals surface area (Å²) in [6.07, 6.45) is 0.574. The first-order valence-electron chi connectivity index (χ1n) is 6.53. The summed E-state index contributed by atoms with van der Waals surface area (Å²) in [7, 11) is 0. The van der Waals surface area contributed by atoms with Crippen molar-refractivity contribution in [3.8, 4) is 0 Å². The fourth-order valence-corrected chi connectivity index (χ4v) is 3.34. The topological polar surface area (TPSA) is 72.2 Å². The van der Waals surface area contributed by atoms with E-state index in [1.165, 1.54) is 11.3 Å². The van der Waals surface area contributed by atoms with E-state index in [0.29, 0.717) is 6.42 Å². The Kier molecular flexibility index (Phi) is 4.56. The Morgan fingerprint density at radius 2 is 2.00 bits per heavy atom. The second-order valence-electron chi connectivity index (χ2n) is 4.64. The molecule has 4 nitrogen and oxygen atoms in total. The highest BCUT2D eigenvalue weighted by Crippen LogP contribution is 2.33. The zero-order chi connectivity index (χ0) is 16.4. The number of rotatable bonds is 4. The number of nitrogens with two attached hydrogens (primary N) is 1. The zero-order valence-corrected chi connectivity index (χ0v) is 12.8. The predicted molar refractivity (Wildman–Crippen MR) is 81.3 cm³/mol. The molecule has 0 aliphatic carbocycles. The molecule has 0 bridgehead atoms. The molecule has 2 rings (SSSR count). The van der Waals surface area contributed by atoms with E-state index in [0.717, 1.165) is 28.6 Å². The number of hydrogen-bond donors (Lipinski definition) is 2. The molecule has 0 aliphatic rings. The normalized spacial score (nSPS) is 10.5. The van der Waals surface area contributed by atoms with Crippen LogP contribution in [0.25, 0.3) is 0 Å². The predicted octanol–water partition coefficient (Wildman–Crippen LogP) is 3.25. The van der Waals surface area contributed by atoms with Crippen LogP contribution in [0.4, 0.5) is 13.8 Å². The van der Waals surface area contributed by atoms with Crippen LogP contribution in [0, 0.1) is 18.6 Å². The van der Waals surface area contributed by atoms with E-state index in [2.05, 4.69) is 5.32 Å². The van der Waals surface area contributed by atoms with E-state index in [1.807, 2.05) is 6.92 Å². The number of carbonyl (C=O) groups excluding carboxylic acids is 2. The number of benzene rings is 1. The maximum Gasteiger partial charge on any atom is 0.259 e. The maximum absolute atomic E-state index is 13.6. The molecule has 1 aromatic heterocycles. The first-order chi connectivity index (χ1) is 10.3. The fraction of sp³-hybridized carbons (Fsp3) is 0.200. The molecule has 0 aliphatic heterocycles. The Morgan fingerprint density at radius 1 is 1.32 bits per heavy atom. The lowest BCUT2D eigenvalue weighted by Crippen LogP contribution is -2.18. The number of carbonyl (C=O) groups is 2. The van der Waals surface area contributed by atoms with E-state index in [9.17, 15) is 18.4 Å². The number of nitrogens with one attached hydrogen (secondary N) is 1. The molecule has 0 saturated carbocycles. The van der Waals surface area contributed by atoms with Gasteiger partial charge in [-0.25, -0.2) is 8.78 Å². The van der Waals surface area contributed by atoms with Gasteiger partial charge in [0.2, 0.25) is 0 Å². The number of anilines is 1. The van der Waals surface area contributed by atoms with Crippen molar-refractivity contribution >= 4 is 28.2 Å². The molecule has 0 radical (unpaired) electrons. The largest absolute Gasteiger partial charge is 0.365 e. The molecule has 0 spiro atoms. The number of primary amides is 1. The summed E-state index contributed by atoms with van der Waals surface area (Å²) in [5, 5.41) is 2.69. The van der Waals surface area contributed by atoms with Gasteiger partial charge in [-0.15, -0.1) is 11.3 Å². The average Bonchev–Trinajstić information content (AvgIpc) is 2.76. The van der Waals surface area contributed by atoms with Crippen LogP contribution in [-0.2, 0) is 6.42 Å². The monoisotopic (exact) mass is 324 g/mol. The first kappa shape index (κ1) is 16.1. The van der Waals surface area contributed by atoms with Crippen molar-refractivity contribution in [2.24, 2.45) is 5.73 Å². The van der Waals surface area contributed by atoms with Gasteiger partial charge in [0.15, 0.2) is 0 Å². The van der Waals surface area contributed by atoms with Crippen LogP contribution in [0.5, 0.6) is 0 Å². The molecular weight excluding hydrogens is 310 g/mol. The van der Waals surface area contributed by atoms with Crippen molar-refractivity contribution in [2.75, 3.05) is 5.32 Å². The molecule has 116 valence electrons. The molecule has 0 unspecified atom stereocenters. The highest BCUT2D eigenvalue weighted by molar-refractivity contribution is 7.16. The van der Waals surface area contributed by atoms with Crippen LogP contribution in [0.15, 0.2) is 18.2 Å². The zero-order valence-electron chi connectivity index (χ0n) is 12.0. The van der Waals surface area contributed by atoms with E-state index in [4.69, 9.17) is 5.73 Å². The molecule has 7 heteroatoms. The Balaban J connectivity index is 2.41. The van der Waals surface area contributed by atoms with Gasteiger partial charge in [0.05, 0.1) is 11.1 Å². The van der Waals surface area contributed by atoms with Crippen LogP contribution >= 0.6 is 11.3 Å². The fourth-order valence-electron chi connectivity index (χ4n) is 2.20. The number of aryl methyl sites for hydroxylation is 1. The number of thiophene rings is 1. The lowest BCUT2D eigenvalue weighted by molar-refractivity contribution is 0.100. The number of halogens is 2.